The van der Waals surface area contributed by atoms with Crippen LogP contribution in [-0.2, 0) is 0 Å². The average molecular weight is 237 g/mol. The van der Waals surface area contributed by atoms with Crippen molar-refractivity contribution in [2.24, 2.45) is 0 Å². The molecule has 2 fully saturated rings. The third-order valence-corrected chi connectivity index (χ3v) is 3.31. The van der Waals surface area contributed by atoms with Crippen LogP contribution in [0.15, 0.2) is 6.20 Å². The van der Waals surface area contributed by atoms with Crippen molar-refractivity contribution in [2.75, 3.05) is 26.2 Å². The highest BCUT2D eigenvalue weighted by Crippen LogP contribution is 2.14. The number of hydrogen-bond acceptors (Lipinski definition) is 5. The van der Waals surface area contributed by atoms with Crippen LogP contribution in [0.2, 0.25) is 0 Å². The smallest absolute Gasteiger partial charge is 0.276 e. The zero-order chi connectivity index (χ0) is 11.8. The fourth-order valence-electron chi connectivity index (χ4n) is 2.10. The van der Waals surface area contributed by atoms with Crippen LogP contribution < -0.4 is 5.32 Å². The summed E-state index contributed by atoms with van der Waals surface area (Å²) in [4.78, 5) is 13.6. The van der Waals surface area contributed by atoms with Crippen LogP contribution in [-0.4, -0.2) is 63.2 Å². The third-order valence-electron chi connectivity index (χ3n) is 3.31. The molecule has 2 saturated heterocycles. The molecule has 2 aliphatic heterocycles. The minimum atomic E-state index is -0.398. The van der Waals surface area contributed by atoms with Crippen molar-refractivity contribution in [3.05, 3.63) is 11.9 Å². The average Bonchev–Trinajstić information content (AvgIpc) is 2.84. The lowest BCUT2D eigenvalue weighted by Gasteiger charge is -2.26. The van der Waals surface area contributed by atoms with E-state index in [0.29, 0.717) is 31.2 Å². The van der Waals surface area contributed by atoms with E-state index in [0.717, 1.165) is 13.1 Å². The van der Waals surface area contributed by atoms with Gasteiger partial charge in [-0.25, -0.2) is 4.68 Å². The van der Waals surface area contributed by atoms with Crippen LogP contribution in [0.25, 0.3) is 0 Å². The summed E-state index contributed by atoms with van der Waals surface area (Å²) >= 11 is 0. The monoisotopic (exact) mass is 237 g/mol. The quantitative estimate of drug-likeness (QED) is 0.663. The highest BCUT2D eigenvalue weighted by Gasteiger charge is 2.28. The number of nitrogens with zero attached hydrogens (tertiary/aromatic N) is 4. The summed E-state index contributed by atoms with van der Waals surface area (Å²) in [5.74, 6) is -0.139. The number of likely N-dealkylation sites (tertiary alicyclic amines) is 1. The Morgan fingerprint density at radius 1 is 1.53 bits per heavy atom. The van der Waals surface area contributed by atoms with Crippen LogP contribution in [0.1, 0.15) is 23.0 Å². The topological polar surface area (TPSA) is 83.3 Å². The number of amides is 1. The molecule has 3 heterocycles. The number of β-amino-alcohol motifs (C(OH)–C–C–N with tert-alkyl or cyclic N) is 1. The van der Waals surface area contributed by atoms with Crippen LogP contribution in [0.4, 0.5) is 0 Å². The fraction of sp³-hybridized carbons (Fsp3) is 0.700. The number of carbonyl (C=O) groups is 1. The molecule has 1 unspecified atom stereocenters. The molecule has 0 bridgehead atoms. The van der Waals surface area contributed by atoms with Gasteiger partial charge in [0.25, 0.3) is 5.91 Å². The molecule has 0 aliphatic carbocycles. The van der Waals surface area contributed by atoms with Crippen molar-refractivity contribution in [3.8, 4) is 0 Å². The molecule has 2 aliphatic rings. The molecule has 7 nitrogen and oxygen atoms in total. The van der Waals surface area contributed by atoms with Gasteiger partial charge in [0.1, 0.15) is 0 Å². The third kappa shape index (κ3) is 1.91. The Morgan fingerprint density at radius 2 is 2.35 bits per heavy atom. The molecule has 0 aromatic carbocycles. The lowest BCUT2D eigenvalue weighted by atomic mass is 10.2. The van der Waals surface area contributed by atoms with E-state index in [1.165, 1.54) is 0 Å². The number of nitrogens with one attached hydrogen (secondary N) is 1. The summed E-state index contributed by atoms with van der Waals surface area (Å²) in [6.07, 6.45) is 1.94. The zero-order valence-corrected chi connectivity index (χ0v) is 9.41. The molecule has 17 heavy (non-hydrogen) atoms. The first-order chi connectivity index (χ1) is 8.24. The van der Waals surface area contributed by atoms with Crippen molar-refractivity contribution in [1.29, 1.82) is 0 Å². The second-order valence-electron chi connectivity index (χ2n) is 4.59. The van der Waals surface area contributed by atoms with Gasteiger partial charge in [0.05, 0.1) is 18.3 Å². The first kappa shape index (κ1) is 10.7. The van der Waals surface area contributed by atoms with Crippen molar-refractivity contribution in [3.63, 3.8) is 0 Å². The second kappa shape index (κ2) is 4.08. The Morgan fingerprint density at radius 3 is 2.94 bits per heavy atom. The van der Waals surface area contributed by atoms with Gasteiger partial charge >= 0.3 is 0 Å². The number of aliphatic hydroxyl groups is 1. The van der Waals surface area contributed by atoms with Crippen molar-refractivity contribution < 1.29 is 9.90 Å². The number of aliphatic hydroxyl groups excluding tert-OH is 1. The van der Waals surface area contributed by atoms with Gasteiger partial charge in [-0.2, -0.15) is 0 Å². The fourth-order valence-corrected chi connectivity index (χ4v) is 2.10. The number of hydrogen-bond donors (Lipinski definition) is 2. The Bertz CT molecular complexity index is 428. The molecule has 92 valence electrons. The van der Waals surface area contributed by atoms with E-state index in [9.17, 15) is 9.90 Å². The molecular formula is C10H15N5O2. The molecule has 0 saturated carbocycles. The maximum absolute atomic E-state index is 12.0. The standard InChI is InChI=1S/C10H15N5O2/c16-8-1-2-14(5-8)10(17)9-6-15(13-12-9)7-3-11-4-7/h6-8,11,16H,1-5H2. The molecule has 2 N–H and O–H groups in total. The first-order valence-corrected chi connectivity index (χ1v) is 5.84. The van der Waals surface area contributed by atoms with E-state index in [2.05, 4.69) is 15.6 Å². The maximum Gasteiger partial charge on any atom is 0.276 e. The van der Waals surface area contributed by atoms with Gasteiger partial charge in [0.15, 0.2) is 5.69 Å². The lowest BCUT2D eigenvalue weighted by Crippen LogP contribution is -2.43. The van der Waals surface area contributed by atoms with Gasteiger partial charge in [0, 0.05) is 26.2 Å². The van der Waals surface area contributed by atoms with Crippen molar-refractivity contribution in [1.82, 2.24) is 25.2 Å². The predicted octanol–water partition coefficient (Wildman–Crippen LogP) is -1.37. The second-order valence-corrected chi connectivity index (χ2v) is 4.59. The van der Waals surface area contributed by atoms with E-state index in [1.807, 2.05) is 0 Å². The summed E-state index contributed by atoms with van der Waals surface area (Å²) in [7, 11) is 0. The van der Waals surface area contributed by atoms with Gasteiger partial charge in [-0.3, -0.25) is 4.79 Å². The molecule has 7 heteroatoms. The Labute approximate surface area is 98.4 Å². The minimum absolute atomic E-state index is 0.139. The molecule has 1 amide bonds. The van der Waals surface area contributed by atoms with Gasteiger partial charge in [-0.15, -0.1) is 5.10 Å². The maximum atomic E-state index is 12.0. The van der Waals surface area contributed by atoms with Crippen LogP contribution in [0, 0.1) is 0 Å². The van der Waals surface area contributed by atoms with Crippen molar-refractivity contribution in [2.45, 2.75) is 18.6 Å². The SMILES string of the molecule is O=C(c1cn(C2CNC2)nn1)N1CCC(O)C1. The van der Waals surface area contributed by atoms with Crippen molar-refractivity contribution >= 4 is 5.91 Å². The normalized spacial score (nSPS) is 25.0. The zero-order valence-electron chi connectivity index (χ0n) is 9.41. The minimum Gasteiger partial charge on any atom is -0.391 e. The van der Waals surface area contributed by atoms with E-state index in [1.54, 1.807) is 15.8 Å². The molecule has 0 radical (unpaired) electrons. The summed E-state index contributed by atoms with van der Waals surface area (Å²) in [6.45, 7) is 2.74. The first-order valence-electron chi connectivity index (χ1n) is 5.84. The van der Waals surface area contributed by atoms with Crippen LogP contribution in [0.3, 0.4) is 0 Å². The highest BCUT2D eigenvalue weighted by molar-refractivity contribution is 5.92. The van der Waals surface area contributed by atoms with E-state index in [-0.39, 0.29) is 5.91 Å². The predicted molar refractivity (Wildman–Crippen MR) is 58.5 cm³/mol. The Balaban J connectivity index is 1.70. The number of rotatable bonds is 2. The van der Waals surface area contributed by atoms with Gasteiger partial charge in [0.2, 0.25) is 0 Å². The number of aromatic nitrogens is 3. The highest BCUT2D eigenvalue weighted by atomic mass is 16.3. The van der Waals surface area contributed by atoms with Crippen LogP contribution in [0.5, 0.6) is 0 Å². The molecule has 3 rings (SSSR count). The summed E-state index contributed by atoms with van der Waals surface area (Å²) in [5, 5.41) is 20.4. The Hall–Kier alpha value is -1.47. The van der Waals surface area contributed by atoms with E-state index >= 15 is 0 Å². The number of carbonyl (C=O) groups excluding carboxylic acids is 1. The van der Waals surface area contributed by atoms with Gasteiger partial charge < -0.3 is 15.3 Å². The van der Waals surface area contributed by atoms with E-state index < -0.39 is 6.10 Å². The lowest BCUT2D eigenvalue weighted by molar-refractivity contribution is 0.0759. The van der Waals surface area contributed by atoms with Crippen LogP contribution >= 0.6 is 0 Å². The van der Waals surface area contributed by atoms with Gasteiger partial charge in [-0.1, -0.05) is 5.21 Å². The summed E-state index contributed by atoms with van der Waals surface area (Å²) in [6, 6.07) is 0.313. The Kier molecular flexibility index (Phi) is 2.56. The molecule has 1 aromatic rings. The van der Waals surface area contributed by atoms with Gasteiger partial charge in [-0.05, 0) is 6.42 Å². The summed E-state index contributed by atoms with van der Waals surface area (Å²) < 4.78 is 1.73. The largest absolute Gasteiger partial charge is 0.391 e. The molecular weight excluding hydrogens is 222 g/mol. The molecule has 1 aromatic heterocycles. The van der Waals surface area contributed by atoms with E-state index in [4.69, 9.17) is 0 Å². The molecule has 0 spiro atoms. The summed E-state index contributed by atoms with van der Waals surface area (Å²) in [5.41, 5.74) is 0.367. The molecule has 1 atom stereocenters.